The van der Waals surface area contributed by atoms with E-state index in [1.165, 1.54) is 6.07 Å². The summed E-state index contributed by atoms with van der Waals surface area (Å²) in [6.07, 6.45) is 2.75. The summed E-state index contributed by atoms with van der Waals surface area (Å²) in [5, 5.41) is 18.6. The van der Waals surface area contributed by atoms with Crippen molar-refractivity contribution in [1.82, 2.24) is 14.8 Å². The van der Waals surface area contributed by atoms with Crippen LogP contribution in [0.5, 0.6) is 0 Å². The highest BCUT2D eigenvalue weighted by Crippen LogP contribution is 2.44. The molecule has 0 radical (unpaired) electrons. The fourth-order valence-electron chi connectivity index (χ4n) is 4.95. The van der Waals surface area contributed by atoms with Gasteiger partial charge >= 0.3 is 5.97 Å². The Kier molecular flexibility index (Phi) is 5.01. The zero-order valence-corrected chi connectivity index (χ0v) is 18.7. The molecule has 2 aromatic carbocycles. The first-order valence-electron chi connectivity index (χ1n) is 11.0. The number of nitrogens with zero attached hydrogens (tertiary/aromatic N) is 2. The fourth-order valence-corrected chi connectivity index (χ4v) is 4.95. The summed E-state index contributed by atoms with van der Waals surface area (Å²) in [7, 11) is 0. The summed E-state index contributed by atoms with van der Waals surface area (Å²) >= 11 is 0. The minimum absolute atomic E-state index is 0.0377. The molecule has 172 valence electrons. The van der Waals surface area contributed by atoms with Crippen molar-refractivity contribution in [3.63, 3.8) is 0 Å². The van der Waals surface area contributed by atoms with Crippen molar-refractivity contribution in [2.75, 3.05) is 6.61 Å². The predicted octanol–water partition coefficient (Wildman–Crippen LogP) is 5.65. The van der Waals surface area contributed by atoms with Gasteiger partial charge < -0.3 is 14.4 Å². The van der Waals surface area contributed by atoms with Crippen LogP contribution in [-0.4, -0.2) is 38.0 Å². The largest absolute Gasteiger partial charge is 0.479 e. The van der Waals surface area contributed by atoms with Crippen molar-refractivity contribution >= 4 is 27.8 Å². The van der Waals surface area contributed by atoms with Crippen LogP contribution in [0.3, 0.4) is 0 Å². The first-order valence-corrected chi connectivity index (χ1v) is 11.0. The Morgan fingerprint density at radius 1 is 1.27 bits per heavy atom. The highest BCUT2D eigenvalue weighted by molar-refractivity contribution is 5.99. The highest BCUT2D eigenvalue weighted by atomic mass is 19.2. The second kappa shape index (κ2) is 7.66. The number of aromatic nitrogens is 3. The standard InChI is InChI=1S/C25H25F2N3O3/c1-13(2)23-22(14-6-7-25(3,24(31)32)33-12-14)17-10-20-15(11-28-29-20)8-21(17)30(23)16-4-5-18(26)19(27)9-16/h4-5,8-11,13-14H,6-7,12H2,1-3H3,(H,28,29)(H,31,32)/t14?,25-/m0/s1. The summed E-state index contributed by atoms with van der Waals surface area (Å²) < 4.78 is 35.8. The number of rotatable bonds is 4. The van der Waals surface area contributed by atoms with E-state index in [0.717, 1.165) is 39.1 Å². The quantitative estimate of drug-likeness (QED) is 0.419. The van der Waals surface area contributed by atoms with Crippen molar-refractivity contribution in [1.29, 1.82) is 0 Å². The maximum absolute atomic E-state index is 14.2. The third-order valence-electron chi connectivity index (χ3n) is 6.75. The van der Waals surface area contributed by atoms with Gasteiger partial charge in [0.2, 0.25) is 0 Å². The maximum atomic E-state index is 14.2. The van der Waals surface area contributed by atoms with Crippen molar-refractivity contribution < 1.29 is 23.4 Å². The lowest BCUT2D eigenvalue weighted by atomic mass is 9.83. The lowest BCUT2D eigenvalue weighted by Gasteiger charge is -2.35. The van der Waals surface area contributed by atoms with Crippen molar-refractivity contribution in [2.45, 2.75) is 51.0 Å². The molecule has 0 spiro atoms. The molecule has 1 aliphatic rings. The number of carboxylic acids is 1. The minimum atomic E-state index is -1.20. The molecule has 0 saturated carbocycles. The number of ether oxygens (including phenoxy) is 1. The van der Waals surface area contributed by atoms with Crippen molar-refractivity contribution in [3.8, 4) is 5.69 Å². The van der Waals surface area contributed by atoms with Crippen molar-refractivity contribution in [3.05, 3.63) is 59.4 Å². The molecule has 5 rings (SSSR count). The summed E-state index contributed by atoms with van der Waals surface area (Å²) in [4.78, 5) is 11.7. The molecule has 3 heterocycles. The first kappa shape index (κ1) is 21.6. The predicted molar refractivity (Wildman–Crippen MR) is 121 cm³/mol. The van der Waals surface area contributed by atoms with Crippen LogP contribution in [0.2, 0.25) is 0 Å². The second-order valence-electron chi connectivity index (χ2n) is 9.30. The third-order valence-corrected chi connectivity index (χ3v) is 6.75. The number of benzene rings is 2. The molecule has 1 fully saturated rings. The lowest BCUT2D eigenvalue weighted by Crippen LogP contribution is -2.43. The van der Waals surface area contributed by atoms with Gasteiger partial charge in [-0.25, -0.2) is 13.6 Å². The number of carbonyl (C=O) groups is 1. The Bertz CT molecular complexity index is 1380. The molecule has 8 heteroatoms. The van der Waals surface area contributed by atoms with E-state index in [4.69, 9.17) is 4.74 Å². The molecule has 6 nitrogen and oxygen atoms in total. The average Bonchev–Trinajstić information content (AvgIpc) is 3.36. The summed E-state index contributed by atoms with van der Waals surface area (Å²) in [6, 6.07) is 7.95. The van der Waals surface area contributed by atoms with Gasteiger partial charge in [0.05, 0.1) is 23.8 Å². The van der Waals surface area contributed by atoms with Crippen LogP contribution in [0.25, 0.3) is 27.5 Å². The Labute approximate surface area is 189 Å². The molecule has 1 aliphatic heterocycles. The molecule has 1 saturated heterocycles. The van der Waals surface area contributed by atoms with Gasteiger partial charge in [-0.2, -0.15) is 5.10 Å². The van der Waals surface area contributed by atoms with Gasteiger partial charge in [0.15, 0.2) is 17.2 Å². The Morgan fingerprint density at radius 3 is 2.70 bits per heavy atom. The van der Waals surface area contributed by atoms with Crippen LogP contribution in [0, 0.1) is 11.6 Å². The van der Waals surface area contributed by atoms with E-state index in [9.17, 15) is 18.7 Å². The fraction of sp³-hybridized carbons (Fsp3) is 0.360. The summed E-state index contributed by atoms with van der Waals surface area (Å²) in [5.74, 6) is -2.75. The van der Waals surface area contributed by atoms with E-state index < -0.39 is 23.2 Å². The Morgan fingerprint density at radius 2 is 2.06 bits per heavy atom. The van der Waals surface area contributed by atoms with Crippen LogP contribution in [0.4, 0.5) is 8.78 Å². The number of aliphatic carboxylic acids is 1. The number of nitrogens with one attached hydrogen (secondary N) is 1. The van der Waals surface area contributed by atoms with Gasteiger partial charge in [0, 0.05) is 34.1 Å². The Balaban J connectivity index is 1.77. The minimum Gasteiger partial charge on any atom is -0.479 e. The zero-order valence-electron chi connectivity index (χ0n) is 18.7. The summed E-state index contributed by atoms with van der Waals surface area (Å²) in [5.41, 5.74) is 3.08. The Hall–Kier alpha value is -3.26. The normalized spacial score (nSPS) is 21.3. The molecule has 2 aromatic heterocycles. The lowest BCUT2D eigenvalue weighted by molar-refractivity contribution is -0.170. The highest BCUT2D eigenvalue weighted by Gasteiger charge is 2.41. The average molecular weight is 453 g/mol. The molecule has 2 N–H and O–H groups in total. The number of halogens is 2. The van der Waals surface area contributed by atoms with Gasteiger partial charge in [-0.1, -0.05) is 13.8 Å². The van der Waals surface area contributed by atoms with Crippen LogP contribution in [0.1, 0.15) is 56.7 Å². The van der Waals surface area contributed by atoms with Gasteiger partial charge in [-0.05, 0) is 55.5 Å². The molecule has 1 unspecified atom stereocenters. The van der Waals surface area contributed by atoms with E-state index in [2.05, 4.69) is 24.0 Å². The van der Waals surface area contributed by atoms with Crippen LogP contribution >= 0.6 is 0 Å². The molecule has 33 heavy (non-hydrogen) atoms. The van der Waals surface area contributed by atoms with Gasteiger partial charge in [0.1, 0.15) is 0 Å². The molecular formula is C25H25F2N3O3. The number of aromatic amines is 1. The number of hydrogen-bond donors (Lipinski definition) is 2. The third kappa shape index (κ3) is 3.40. The second-order valence-corrected chi connectivity index (χ2v) is 9.30. The first-order chi connectivity index (χ1) is 15.7. The van der Waals surface area contributed by atoms with E-state index in [-0.39, 0.29) is 18.4 Å². The van der Waals surface area contributed by atoms with Crippen LogP contribution in [-0.2, 0) is 9.53 Å². The van der Waals surface area contributed by atoms with Gasteiger partial charge in [0.25, 0.3) is 0 Å². The van der Waals surface area contributed by atoms with E-state index >= 15 is 0 Å². The van der Waals surface area contributed by atoms with E-state index in [0.29, 0.717) is 18.5 Å². The number of carboxylic acid groups (broad SMARTS) is 1. The smallest absolute Gasteiger partial charge is 0.335 e. The van der Waals surface area contributed by atoms with E-state index in [1.54, 1.807) is 19.2 Å². The monoisotopic (exact) mass is 453 g/mol. The SMILES string of the molecule is CC(C)c1c(C2CC[C@@](C)(C(=O)O)OC2)c2cc3[nH]ncc3cc2n1-c1ccc(F)c(F)c1. The molecule has 0 aliphatic carbocycles. The number of H-pyrrole nitrogens is 1. The number of fused-ring (bicyclic) bond motifs is 2. The van der Waals surface area contributed by atoms with E-state index in [1.807, 2.05) is 16.7 Å². The van der Waals surface area contributed by atoms with Crippen LogP contribution < -0.4 is 0 Å². The number of hydrogen-bond acceptors (Lipinski definition) is 3. The maximum Gasteiger partial charge on any atom is 0.335 e. The summed E-state index contributed by atoms with van der Waals surface area (Å²) in [6.45, 7) is 5.99. The molecule has 2 atom stereocenters. The van der Waals surface area contributed by atoms with Crippen LogP contribution in [0.15, 0.2) is 36.5 Å². The van der Waals surface area contributed by atoms with Crippen molar-refractivity contribution in [2.24, 2.45) is 0 Å². The molecule has 0 bridgehead atoms. The topological polar surface area (TPSA) is 80.1 Å². The molecular weight excluding hydrogens is 428 g/mol. The van der Waals surface area contributed by atoms with Gasteiger partial charge in [-0.15, -0.1) is 0 Å². The van der Waals surface area contributed by atoms with Gasteiger partial charge in [-0.3, -0.25) is 5.10 Å². The zero-order chi connectivity index (χ0) is 23.5. The molecule has 0 amide bonds. The molecule has 4 aromatic rings.